The van der Waals surface area contributed by atoms with E-state index in [9.17, 15) is 4.79 Å². The quantitative estimate of drug-likeness (QED) is 0.797. The minimum atomic E-state index is -0.454. The Morgan fingerprint density at radius 2 is 2.27 bits per heavy atom. The lowest BCUT2D eigenvalue weighted by Gasteiger charge is -2.23. The third-order valence-electron chi connectivity index (χ3n) is 2.62. The Hall–Kier alpha value is -0.690. The lowest BCUT2D eigenvalue weighted by Crippen LogP contribution is -2.40. The Labute approximate surface area is 95.6 Å². The van der Waals surface area contributed by atoms with Crippen molar-refractivity contribution in [3.05, 3.63) is 0 Å². The first-order valence-corrected chi connectivity index (χ1v) is 6.71. The zero-order chi connectivity index (χ0) is 11.1. The topological polar surface area (TPSA) is 52.9 Å². The molecule has 0 aliphatic carbocycles. The molecule has 84 valence electrons. The Morgan fingerprint density at radius 3 is 2.80 bits per heavy atom. The van der Waals surface area contributed by atoms with Gasteiger partial charge in [-0.2, -0.15) is 17.0 Å². The maximum Gasteiger partial charge on any atom is 0.237 e. The molecule has 0 aromatic heterocycles. The molecule has 1 aliphatic rings. The Kier molecular flexibility index (Phi) is 5.56. The minimum Gasteiger partial charge on any atom is -0.352 e. The molecule has 0 radical (unpaired) electrons. The lowest BCUT2D eigenvalue weighted by atomic mass is 10.0. The number of hydrogen-bond acceptors (Lipinski definition) is 3. The van der Waals surface area contributed by atoms with Crippen LogP contribution in [0.1, 0.15) is 32.6 Å². The van der Waals surface area contributed by atoms with Crippen molar-refractivity contribution in [2.24, 2.45) is 5.92 Å². The van der Waals surface area contributed by atoms with Crippen LogP contribution in [-0.4, -0.2) is 23.5 Å². The van der Waals surface area contributed by atoms with E-state index in [2.05, 4.69) is 11.4 Å². The van der Waals surface area contributed by atoms with Gasteiger partial charge in [-0.3, -0.25) is 4.79 Å². The molecule has 0 spiro atoms. The summed E-state index contributed by atoms with van der Waals surface area (Å²) < 4.78 is 0. The fourth-order valence-corrected chi connectivity index (χ4v) is 2.79. The molecule has 1 aliphatic heterocycles. The average molecular weight is 226 g/mol. The van der Waals surface area contributed by atoms with Crippen LogP contribution in [0, 0.1) is 17.2 Å². The zero-order valence-corrected chi connectivity index (χ0v) is 9.98. The van der Waals surface area contributed by atoms with Gasteiger partial charge in [0, 0.05) is 6.04 Å². The van der Waals surface area contributed by atoms with Gasteiger partial charge in [-0.25, -0.2) is 0 Å². The molecule has 1 amide bonds. The van der Waals surface area contributed by atoms with Crippen molar-refractivity contribution in [2.75, 3.05) is 11.5 Å². The van der Waals surface area contributed by atoms with Gasteiger partial charge in [-0.15, -0.1) is 0 Å². The largest absolute Gasteiger partial charge is 0.352 e. The molecule has 0 aromatic rings. The maximum absolute atomic E-state index is 11.7. The molecular weight excluding hydrogens is 208 g/mol. The number of amides is 1. The fourth-order valence-electron chi connectivity index (χ4n) is 1.69. The van der Waals surface area contributed by atoms with Crippen LogP contribution < -0.4 is 5.32 Å². The number of thioether (sulfide) groups is 1. The number of nitrogens with one attached hydrogen (secondary N) is 1. The predicted molar refractivity (Wildman–Crippen MR) is 62.5 cm³/mol. The molecule has 0 bridgehead atoms. The first kappa shape index (κ1) is 12.4. The van der Waals surface area contributed by atoms with Crippen molar-refractivity contribution in [3.63, 3.8) is 0 Å². The van der Waals surface area contributed by atoms with Crippen molar-refractivity contribution in [1.29, 1.82) is 5.26 Å². The van der Waals surface area contributed by atoms with Crippen LogP contribution in [0.4, 0.5) is 0 Å². The predicted octanol–water partition coefficient (Wildman–Crippen LogP) is 1.94. The third kappa shape index (κ3) is 4.13. The highest BCUT2D eigenvalue weighted by atomic mass is 32.2. The number of hydrogen-bond donors (Lipinski definition) is 1. The standard InChI is InChI=1S/C11H18N2OS/c1-2-3-9(8-12)11(14)13-10-4-6-15-7-5-10/h9-10H,2-7H2,1H3,(H,13,14). The van der Waals surface area contributed by atoms with E-state index in [0.29, 0.717) is 12.5 Å². The molecule has 1 rings (SSSR count). The number of nitriles is 1. The summed E-state index contributed by atoms with van der Waals surface area (Å²) in [5.74, 6) is 1.71. The number of carbonyl (C=O) groups is 1. The van der Waals surface area contributed by atoms with Crippen LogP contribution in [0.2, 0.25) is 0 Å². The van der Waals surface area contributed by atoms with Gasteiger partial charge in [0.1, 0.15) is 5.92 Å². The summed E-state index contributed by atoms with van der Waals surface area (Å²) in [5.41, 5.74) is 0. The molecule has 1 N–H and O–H groups in total. The maximum atomic E-state index is 11.7. The van der Waals surface area contributed by atoms with E-state index in [-0.39, 0.29) is 5.91 Å². The minimum absolute atomic E-state index is 0.0729. The summed E-state index contributed by atoms with van der Waals surface area (Å²) >= 11 is 1.93. The smallest absolute Gasteiger partial charge is 0.237 e. The number of nitrogens with zero attached hydrogens (tertiary/aromatic N) is 1. The van der Waals surface area contributed by atoms with Gasteiger partial charge < -0.3 is 5.32 Å². The van der Waals surface area contributed by atoms with E-state index in [1.807, 2.05) is 18.7 Å². The Bertz CT molecular complexity index is 243. The van der Waals surface area contributed by atoms with Crippen molar-refractivity contribution in [2.45, 2.75) is 38.6 Å². The fraction of sp³-hybridized carbons (Fsp3) is 0.818. The van der Waals surface area contributed by atoms with Crippen LogP contribution >= 0.6 is 11.8 Å². The summed E-state index contributed by atoms with van der Waals surface area (Å²) in [6.07, 6.45) is 3.64. The summed E-state index contributed by atoms with van der Waals surface area (Å²) in [5, 5.41) is 11.8. The van der Waals surface area contributed by atoms with Crippen LogP contribution in [0.25, 0.3) is 0 Å². The molecule has 1 unspecified atom stereocenters. The molecule has 1 atom stereocenters. The summed E-state index contributed by atoms with van der Waals surface area (Å²) in [4.78, 5) is 11.7. The Balaban J connectivity index is 2.35. The van der Waals surface area contributed by atoms with Crippen LogP contribution in [0.3, 0.4) is 0 Å². The van der Waals surface area contributed by atoms with Crippen LogP contribution in [-0.2, 0) is 4.79 Å². The molecule has 1 saturated heterocycles. The van der Waals surface area contributed by atoms with E-state index < -0.39 is 5.92 Å². The molecule has 1 fully saturated rings. The van der Waals surface area contributed by atoms with Crippen molar-refractivity contribution < 1.29 is 4.79 Å². The molecule has 3 nitrogen and oxygen atoms in total. The monoisotopic (exact) mass is 226 g/mol. The molecular formula is C11H18N2OS. The average Bonchev–Trinajstić information content (AvgIpc) is 2.27. The summed E-state index contributed by atoms with van der Waals surface area (Å²) in [6.45, 7) is 1.99. The van der Waals surface area contributed by atoms with Gasteiger partial charge >= 0.3 is 0 Å². The highest BCUT2D eigenvalue weighted by molar-refractivity contribution is 7.99. The SMILES string of the molecule is CCCC(C#N)C(=O)NC1CCSCC1. The molecule has 0 aromatic carbocycles. The lowest BCUT2D eigenvalue weighted by molar-refractivity contribution is -0.124. The van der Waals surface area contributed by atoms with Gasteiger partial charge in [0.15, 0.2) is 0 Å². The highest BCUT2D eigenvalue weighted by Crippen LogP contribution is 2.17. The number of rotatable bonds is 4. The molecule has 1 heterocycles. The van der Waals surface area contributed by atoms with E-state index in [1.54, 1.807) is 0 Å². The Morgan fingerprint density at radius 1 is 1.60 bits per heavy atom. The van der Waals surface area contributed by atoms with Crippen LogP contribution in [0.5, 0.6) is 0 Å². The van der Waals surface area contributed by atoms with Crippen molar-refractivity contribution in [3.8, 4) is 6.07 Å². The summed E-state index contributed by atoms with van der Waals surface area (Å²) in [7, 11) is 0. The summed E-state index contributed by atoms with van der Waals surface area (Å²) in [6, 6.07) is 2.37. The molecule has 0 saturated carbocycles. The second kappa shape index (κ2) is 6.73. The first-order valence-electron chi connectivity index (χ1n) is 5.55. The molecule has 15 heavy (non-hydrogen) atoms. The van der Waals surface area contributed by atoms with Gasteiger partial charge in [-0.1, -0.05) is 13.3 Å². The third-order valence-corrected chi connectivity index (χ3v) is 3.67. The first-order chi connectivity index (χ1) is 7.27. The van der Waals surface area contributed by atoms with Crippen molar-refractivity contribution in [1.82, 2.24) is 5.32 Å². The normalized spacial score (nSPS) is 19.2. The second-order valence-corrected chi connectivity index (χ2v) is 5.09. The zero-order valence-electron chi connectivity index (χ0n) is 9.16. The van der Waals surface area contributed by atoms with Crippen molar-refractivity contribution >= 4 is 17.7 Å². The van der Waals surface area contributed by atoms with Gasteiger partial charge in [0.25, 0.3) is 0 Å². The number of carbonyl (C=O) groups excluding carboxylic acids is 1. The second-order valence-electron chi connectivity index (χ2n) is 3.87. The van der Waals surface area contributed by atoms with Gasteiger partial charge in [-0.05, 0) is 30.8 Å². The highest BCUT2D eigenvalue weighted by Gasteiger charge is 2.21. The van der Waals surface area contributed by atoms with E-state index in [1.165, 1.54) is 0 Å². The van der Waals surface area contributed by atoms with Gasteiger partial charge in [0.05, 0.1) is 6.07 Å². The van der Waals surface area contributed by atoms with Crippen LogP contribution in [0.15, 0.2) is 0 Å². The van der Waals surface area contributed by atoms with E-state index in [4.69, 9.17) is 5.26 Å². The van der Waals surface area contributed by atoms with Gasteiger partial charge in [0.2, 0.25) is 5.91 Å². The van der Waals surface area contributed by atoms with E-state index >= 15 is 0 Å². The van der Waals surface area contributed by atoms with E-state index in [0.717, 1.165) is 30.8 Å². The molecule has 4 heteroatoms.